The highest BCUT2D eigenvalue weighted by Crippen LogP contribution is 2.42. The molecule has 3 heteroatoms. The van der Waals surface area contributed by atoms with E-state index in [1.165, 1.54) is 0 Å². The van der Waals surface area contributed by atoms with E-state index >= 15 is 0 Å². The van der Waals surface area contributed by atoms with Crippen molar-refractivity contribution >= 4 is 21.9 Å². The van der Waals surface area contributed by atoms with Crippen molar-refractivity contribution in [2.45, 2.75) is 45.4 Å². The fraction of sp³-hybridized carbons (Fsp3) is 0.250. The van der Waals surface area contributed by atoms with Gasteiger partial charge in [0.15, 0.2) is 6.20 Å². The standard InChI is InChI=1S/C32H29N2O/c1-20-16-17-34(3)28(18-20)29-21(2)8-14-26-27-15-13-25(19-33)30(32(27)35-31(26)29)24-11-9-23(10-12-24)22-6-4-5-7-22/h8-18,22H,4-7H2,1-3H3/q+1/i1D3,22D. The van der Waals surface area contributed by atoms with Crippen LogP contribution < -0.4 is 4.57 Å². The molecule has 0 spiro atoms. The van der Waals surface area contributed by atoms with Crippen molar-refractivity contribution in [3.05, 3.63) is 89.1 Å². The summed E-state index contributed by atoms with van der Waals surface area (Å²) >= 11 is 0. The van der Waals surface area contributed by atoms with Gasteiger partial charge in [-0.15, -0.1) is 0 Å². The minimum Gasteiger partial charge on any atom is -0.454 e. The van der Waals surface area contributed by atoms with E-state index in [-0.39, 0.29) is 5.56 Å². The Labute approximate surface area is 211 Å². The van der Waals surface area contributed by atoms with E-state index in [0.29, 0.717) is 16.7 Å². The molecule has 1 fully saturated rings. The highest BCUT2D eigenvalue weighted by atomic mass is 16.3. The van der Waals surface area contributed by atoms with E-state index in [9.17, 15) is 5.26 Å². The van der Waals surface area contributed by atoms with Crippen molar-refractivity contribution in [3.63, 3.8) is 0 Å². The lowest BCUT2D eigenvalue weighted by Crippen LogP contribution is -2.30. The molecular weight excluding hydrogens is 428 g/mol. The van der Waals surface area contributed by atoms with Crippen LogP contribution in [0.25, 0.3) is 44.3 Å². The average Bonchev–Trinajstić information content (AvgIpc) is 3.52. The van der Waals surface area contributed by atoms with E-state index in [2.05, 4.69) is 6.07 Å². The highest BCUT2D eigenvalue weighted by molar-refractivity contribution is 6.14. The molecule has 0 bridgehead atoms. The Bertz CT molecular complexity index is 1790. The molecule has 0 saturated heterocycles. The van der Waals surface area contributed by atoms with Crippen LogP contribution in [-0.4, -0.2) is 0 Å². The van der Waals surface area contributed by atoms with E-state index in [1.54, 1.807) is 18.3 Å². The third-order valence-electron chi connectivity index (χ3n) is 7.33. The molecule has 0 aliphatic heterocycles. The van der Waals surface area contributed by atoms with Crippen LogP contribution in [0.3, 0.4) is 0 Å². The van der Waals surface area contributed by atoms with Gasteiger partial charge in [0.05, 0.1) is 17.2 Å². The van der Waals surface area contributed by atoms with Gasteiger partial charge in [0.2, 0.25) is 5.69 Å². The minimum atomic E-state index is -2.23. The van der Waals surface area contributed by atoms with Crippen LogP contribution in [0.4, 0.5) is 0 Å². The molecule has 3 nitrogen and oxygen atoms in total. The number of aryl methyl sites for hydroxylation is 3. The molecule has 0 amide bonds. The third-order valence-corrected chi connectivity index (χ3v) is 7.33. The number of aromatic nitrogens is 1. The number of furan rings is 1. The van der Waals surface area contributed by atoms with Gasteiger partial charge in [-0.1, -0.05) is 49.2 Å². The van der Waals surface area contributed by atoms with Crippen molar-refractivity contribution in [3.8, 4) is 28.5 Å². The summed E-state index contributed by atoms with van der Waals surface area (Å²) in [5, 5.41) is 11.8. The largest absolute Gasteiger partial charge is 0.454 e. The van der Waals surface area contributed by atoms with Crippen molar-refractivity contribution in [1.29, 1.82) is 5.26 Å². The number of nitriles is 1. The fourth-order valence-corrected chi connectivity index (χ4v) is 5.48. The summed E-state index contributed by atoms with van der Waals surface area (Å²) in [7, 11) is 1.89. The normalized spacial score (nSPS) is 17.1. The van der Waals surface area contributed by atoms with Gasteiger partial charge in [0.1, 0.15) is 18.2 Å². The summed E-state index contributed by atoms with van der Waals surface area (Å²) in [6.45, 7) is -0.236. The number of rotatable bonds is 3. The SMILES string of the molecule is [2H]C([2H])([2H])c1cc[n+](C)c(-c2c(C)ccc3c2oc2c(-c4ccc(C5([2H])CCCC5)cc4)c(C#N)ccc23)c1. The Morgan fingerprint density at radius 2 is 1.69 bits per heavy atom. The van der Waals surface area contributed by atoms with Crippen LogP contribution >= 0.6 is 0 Å². The van der Waals surface area contributed by atoms with Gasteiger partial charge in [0.25, 0.3) is 0 Å². The Morgan fingerprint density at radius 1 is 0.971 bits per heavy atom. The predicted molar refractivity (Wildman–Crippen MR) is 141 cm³/mol. The Balaban J connectivity index is 1.59. The molecule has 3 aromatic carbocycles. The second-order valence-corrected chi connectivity index (χ2v) is 9.51. The van der Waals surface area contributed by atoms with E-state index in [0.717, 1.165) is 70.0 Å². The van der Waals surface area contributed by atoms with Gasteiger partial charge in [-0.2, -0.15) is 5.26 Å². The maximum absolute atomic E-state index is 10.0. The second-order valence-electron chi connectivity index (χ2n) is 9.51. The molecule has 2 heterocycles. The molecule has 35 heavy (non-hydrogen) atoms. The van der Waals surface area contributed by atoms with Gasteiger partial charge in [-0.3, -0.25) is 0 Å². The molecular formula is C32H29N2O+. The van der Waals surface area contributed by atoms with Crippen LogP contribution in [0.5, 0.6) is 0 Å². The summed E-state index contributed by atoms with van der Waals surface area (Å²) < 4.78 is 41.2. The monoisotopic (exact) mass is 461 g/mol. The van der Waals surface area contributed by atoms with E-state index in [1.807, 2.05) is 67.1 Å². The number of hydrogen-bond acceptors (Lipinski definition) is 2. The summed E-state index contributed by atoms with van der Waals surface area (Å²) in [4.78, 5) is 0. The smallest absolute Gasteiger partial charge is 0.216 e. The fourth-order valence-electron chi connectivity index (χ4n) is 5.48. The molecule has 0 N–H and O–H groups in total. The van der Waals surface area contributed by atoms with Crippen LogP contribution in [0.1, 0.15) is 59.3 Å². The molecule has 5 aromatic rings. The molecule has 0 unspecified atom stereocenters. The van der Waals surface area contributed by atoms with Crippen molar-refractivity contribution < 1.29 is 14.5 Å². The van der Waals surface area contributed by atoms with Gasteiger partial charge in [-0.05, 0) is 66.9 Å². The van der Waals surface area contributed by atoms with Crippen LogP contribution in [0, 0.1) is 25.1 Å². The lowest BCUT2D eigenvalue weighted by atomic mass is 9.92. The summed E-state index contributed by atoms with van der Waals surface area (Å²) in [5.41, 5.74) is 7.22. The molecule has 0 atom stereocenters. The topological polar surface area (TPSA) is 40.8 Å². The third kappa shape index (κ3) is 3.53. The van der Waals surface area contributed by atoms with Crippen LogP contribution in [-0.2, 0) is 7.05 Å². The lowest BCUT2D eigenvalue weighted by Gasteiger charge is -2.11. The molecule has 2 aromatic heterocycles. The van der Waals surface area contributed by atoms with E-state index in [4.69, 9.17) is 9.90 Å². The van der Waals surface area contributed by atoms with Crippen molar-refractivity contribution in [2.24, 2.45) is 7.05 Å². The first-order valence-corrected chi connectivity index (χ1v) is 12.1. The first-order valence-electron chi connectivity index (χ1n) is 14.1. The number of hydrogen-bond donors (Lipinski definition) is 0. The average molecular weight is 462 g/mol. The van der Waals surface area contributed by atoms with Crippen LogP contribution in [0.2, 0.25) is 0 Å². The molecule has 6 rings (SSSR count). The Kier molecular flexibility index (Phi) is 4.20. The molecule has 172 valence electrons. The zero-order valence-corrected chi connectivity index (χ0v) is 20.0. The zero-order valence-electron chi connectivity index (χ0n) is 24.0. The molecule has 1 aliphatic carbocycles. The molecule has 0 radical (unpaired) electrons. The summed E-state index contributed by atoms with van der Waals surface area (Å²) in [5.74, 6) is -0.535. The number of fused-ring (bicyclic) bond motifs is 3. The Hall–Kier alpha value is -3.90. The maximum atomic E-state index is 10.0. The summed E-state index contributed by atoms with van der Waals surface area (Å²) in [6, 6.07) is 21.5. The predicted octanol–water partition coefficient (Wildman–Crippen LogP) is 7.89. The van der Waals surface area contributed by atoms with Crippen LogP contribution in [0.15, 0.2) is 71.3 Å². The zero-order chi connectivity index (χ0) is 27.5. The lowest BCUT2D eigenvalue weighted by molar-refractivity contribution is -0.660. The minimum absolute atomic E-state index is 0.269. The first-order chi connectivity index (χ1) is 18.6. The molecule has 1 aliphatic rings. The van der Waals surface area contributed by atoms with Gasteiger partial charge in [0, 0.05) is 34.0 Å². The molecule has 1 saturated carbocycles. The maximum Gasteiger partial charge on any atom is 0.216 e. The van der Waals surface area contributed by atoms with Crippen molar-refractivity contribution in [1.82, 2.24) is 0 Å². The van der Waals surface area contributed by atoms with Gasteiger partial charge in [-0.25, -0.2) is 4.57 Å². The quantitative estimate of drug-likeness (QED) is 0.256. The number of pyridine rings is 1. The van der Waals surface area contributed by atoms with Crippen molar-refractivity contribution in [2.75, 3.05) is 0 Å². The first kappa shape index (κ1) is 17.5. The number of benzene rings is 3. The van der Waals surface area contributed by atoms with E-state index < -0.39 is 12.7 Å². The van der Waals surface area contributed by atoms with Gasteiger partial charge >= 0.3 is 0 Å². The van der Waals surface area contributed by atoms with Gasteiger partial charge < -0.3 is 4.42 Å². The summed E-state index contributed by atoms with van der Waals surface area (Å²) in [6.07, 6.45) is 5.67. The second kappa shape index (κ2) is 8.40. The highest BCUT2D eigenvalue weighted by Gasteiger charge is 2.23. The number of nitrogens with zero attached hydrogens (tertiary/aromatic N) is 2. The Morgan fingerprint density at radius 3 is 2.40 bits per heavy atom.